The first-order valence-corrected chi connectivity index (χ1v) is 8.27. The monoisotopic (exact) mass is 328 g/mol. The molecule has 0 bridgehead atoms. The molecule has 4 heteroatoms. The van der Waals surface area contributed by atoms with Gasteiger partial charge in [0.25, 0.3) is 0 Å². The van der Waals surface area contributed by atoms with E-state index in [0.29, 0.717) is 6.61 Å². The predicted molar refractivity (Wildman–Crippen MR) is 93.5 cm³/mol. The Morgan fingerprint density at radius 2 is 1.71 bits per heavy atom. The lowest BCUT2D eigenvalue weighted by atomic mass is 9.77. The number of ether oxygens (including phenoxy) is 4. The quantitative estimate of drug-likeness (QED) is 0.780. The Bertz CT molecular complexity index is 704. The molecule has 0 unspecified atom stereocenters. The van der Waals surface area contributed by atoms with Crippen molar-refractivity contribution in [2.45, 2.75) is 32.6 Å². The maximum Gasteiger partial charge on any atom is 0.231 e. The fourth-order valence-electron chi connectivity index (χ4n) is 2.91. The highest BCUT2D eigenvalue weighted by molar-refractivity contribution is 5.56. The molecule has 1 aliphatic rings. The van der Waals surface area contributed by atoms with Crippen molar-refractivity contribution < 1.29 is 18.9 Å². The smallest absolute Gasteiger partial charge is 0.231 e. The van der Waals surface area contributed by atoms with Gasteiger partial charge in [0.05, 0.1) is 13.7 Å². The molecule has 1 heterocycles. The van der Waals surface area contributed by atoms with E-state index in [1.165, 1.54) is 5.56 Å². The second-order valence-corrected chi connectivity index (χ2v) is 6.40. The molecule has 4 nitrogen and oxygen atoms in total. The van der Waals surface area contributed by atoms with Gasteiger partial charge in [0.15, 0.2) is 11.5 Å². The Kier molecular flexibility index (Phi) is 4.56. The predicted octanol–water partition coefficient (Wildman–Crippen LogP) is 4.54. The van der Waals surface area contributed by atoms with Crippen molar-refractivity contribution in [3.05, 3.63) is 47.5 Å². The van der Waals surface area contributed by atoms with Crippen LogP contribution >= 0.6 is 0 Å². The summed E-state index contributed by atoms with van der Waals surface area (Å²) in [6.45, 7) is 7.40. The van der Waals surface area contributed by atoms with E-state index >= 15 is 0 Å². The molecule has 0 aliphatic carbocycles. The Hall–Kier alpha value is -2.36. The molecule has 0 saturated heterocycles. The largest absolute Gasteiger partial charge is 0.497 e. The van der Waals surface area contributed by atoms with Gasteiger partial charge in [0, 0.05) is 17.0 Å². The Morgan fingerprint density at radius 3 is 2.33 bits per heavy atom. The van der Waals surface area contributed by atoms with Gasteiger partial charge >= 0.3 is 0 Å². The fraction of sp³-hybridized carbons (Fsp3) is 0.400. The van der Waals surface area contributed by atoms with Crippen LogP contribution in [0.25, 0.3) is 0 Å². The number of fused-ring (bicyclic) bond motifs is 1. The molecule has 2 aromatic carbocycles. The maximum atomic E-state index is 6.00. The van der Waals surface area contributed by atoms with Crippen molar-refractivity contribution in [3.63, 3.8) is 0 Å². The van der Waals surface area contributed by atoms with Crippen LogP contribution in [0.1, 0.15) is 38.3 Å². The van der Waals surface area contributed by atoms with Crippen LogP contribution in [0, 0.1) is 0 Å². The lowest BCUT2D eigenvalue weighted by Crippen LogP contribution is -2.20. The summed E-state index contributed by atoms with van der Waals surface area (Å²) in [5.74, 6) is 3.22. The zero-order valence-corrected chi connectivity index (χ0v) is 14.7. The van der Waals surface area contributed by atoms with Crippen LogP contribution in [0.4, 0.5) is 0 Å². The van der Waals surface area contributed by atoms with Crippen LogP contribution in [0.3, 0.4) is 0 Å². The van der Waals surface area contributed by atoms with Crippen molar-refractivity contribution in [2.75, 3.05) is 20.5 Å². The average Bonchev–Trinajstić information content (AvgIpc) is 3.06. The van der Waals surface area contributed by atoms with Gasteiger partial charge in [-0.3, -0.25) is 0 Å². The number of hydrogen-bond donors (Lipinski definition) is 0. The Balaban J connectivity index is 2.04. The molecule has 24 heavy (non-hydrogen) atoms. The van der Waals surface area contributed by atoms with Gasteiger partial charge in [-0.25, -0.2) is 0 Å². The summed E-state index contributed by atoms with van der Waals surface area (Å²) in [5.41, 5.74) is 2.03. The average molecular weight is 328 g/mol. The molecule has 128 valence electrons. The summed E-state index contributed by atoms with van der Waals surface area (Å²) in [5, 5.41) is 0. The van der Waals surface area contributed by atoms with Crippen LogP contribution < -0.4 is 18.9 Å². The number of methoxy groups -OCH3 is 1. The van der Waals surface area contributed by atoms with Crippen molar-refractivity contribution in [1.29, 1.82) is 0 Å². The van der Waals surface area contributed by atoms with E-state index in [1.807, 2.05) is 24.3 Å². The molecule has 3 rings (SSSR count). The highest BCUT2D eigenvalue weighted by Gasteiger charge is 2.30. The first-order chi connectivity index (χ1) is 11.6. The third-order valence-corrected chi connectivity index (χ3v) is 4.42. The first-order valence-electron chi connectivity index (χ1n) is 8.27. The van der Waals surface area contributed by atoms with Crippen molar-refractivity contribution in [3.8, 4) is 23.0 Å². The van der Waals surface area contributed by atoms with E-state index in [4.69, 9.17) is 18.9 Å². The zero-order valence-electron chi connectivity index (χ0n) is 14.7. The summed E-state index contributed by atoms with van der Waals surface area (Å²) >= 11 is 0. The summed E-state index contributed by atoms with van der Waals surface area (Å²) in [6, 6.07) is 12.1. The molecular weight excluding hydrogens is 304 g/mol. The van der Waals surface area contributed by atoms with E-state index < -0.39 is 0 Å². The van der Waals surface area contributed by atoms with Gasteiger partial charge < -0.3 is 18.9 Å². The second kappa shape index (κ2) is 6.63. The third kappa shape index (κ3) is 3.01. The molecule has 0 radical (unpaired) electrons. The minimum atomic E-state index is -0.240. The van der Waals surface area contributed by atoms with Gasteiger partial charge in [0.1, 0.15) is 11.5 Å². The van der Waals surface area contributed by atoms with E-state index in [-0.39, 0.29) is 12.2 Å². The summed E-state index contributed by atoms with van der Waals surface area (Å²) in [7, 11) is 1.68. The van der Waals surface area contributed by atoms with E-state index in [0.717, 1.165) is 35.0 Å². The van der Waals surface area contributed by atoms with Crippen LogP contribution in [-0.2, 0) is 5.41 Å². The molecule has 0 atom stereocenters. The van der Waals surface area contributed by atoms with Crippen LogP contribution in [0.5, 0.6) is 23.0 Å². The van der Waals surface area contributed by atoms with Crippen molar-refractivity contribution in [2.24, 2.45) is 0 Å². The minimum Gasteiger partial charge on any atom is -0.497 e. The van der Waals surface area contributed by atoms with Gasteiger partial charge in [-0.2, -0.15) is 0 Å². The summed E-state index contributed by atoms with van der Waals surface area (Å²) < 4.78 is 22.3. The Morgan fingerprint density at radius 1 is 1.04 bits per heavy atom. The topological polar surface area (TPSA) is 36.9 Å². The molecule has 0 aromatic heterocycles. The molecular formula is C20H24O4. The van der Waals surface area contributed by atoms with E-state index in [2.05, 4.69) is 32.9 Å². The number of hydrogen-bond acceptors (Lipinski definition) is 4. The molecule has 1 aliphatic heterocycles. The second-order valence-electron chi connectivity index (χ2n) is 6.40. The normalized spacial score (nSPS) is 13.0. The fourth-order valence-corrected chi connectivity index (χ4v) is 2.91. The van der Waals surface area contributed by atoms with Gasteiger partial charge in [0.2, 0.25) is 6.79 Å². The van der Waals surface area contributed by atoms with Gasteiger partial charge in [-0.1, -0.05) is 32.9 Å². The first kappa shape index (κ1) is 16.5. The van der Waals surface area contributed by atoms with Crippen LogP contribution in [-0.4, -0.2) is 20.5 Å². The Labute approximate surface area is 143 Å². The molecule has 0 amide bonds. The number of rotatable bonds is 6. The molecule has 0 spiro atoms. The van der Waals surface area contributed by atoms with E-state index in [9.17, 15) is 0 Å². The SMILES string of the molecule is CCCOc1cc2c(cc1C(C)(C)c1ccc(OC)cc1)OCO2. The molecule has 0 saturated carbocycles. The minimum absolute atomic E-state index is 0.240. The highest BCUT2D eigenvalue weighted by Crippen LogP contribution is 2.45. The highest BCUT2D eigenvalue weighted by atomic mass is 16.7. The standard InChI is InChI=1S/C20H24O4/c1-5-10-22-17-12-19-18(23-13-24-19)11-16(17)20(2,3)14-6-8-15(21-4)9-7-14/h6-9,11-12H,5,10,13H2,1-4H3. The lowest BCUT2D eigenvalue weighted by Gasteiger charge is -2.28. The van der Waals surface area contributed by atoms with Gasteiger partial charge in [-0.05, 0) is 30.2 Å². The van der Waals surface area contributed by atoms with Gasteiger partial charge in [-0.15, -0.1) is 0 Å². The zero-order chi connectivity index (χ0) is 17.2. The maximum absolute atomic E-state index is 6.00. The lowest BCUT2D eigenvalue weighted by molar-refractivity contribution is 0.173. The third-order valence-electron chi connectivity index (χ3n) is 4.42. The molecule has 0 fully saturated rings. The van der Waals surface area contributed by atoms with Crippen LogP contribution in [0.15, 0.2) is 36.4 Å². The van der Waals surface area contributed by atoms with Crippen molar-refractivity contribution >= 4 is 0 Å². The van der Waals surface area contributed by atoms with E-state index in [1.54, 1.807) is 7.11 Å². The number of benzene rings is 2. The molecule has 0 N–H and O–H groups in total. The van der Waals surface area contributed by atoms with Crippen molar-refractivity contribution in [1.82, 2.24) is 0 Å². The summed E-state index contributed by atoms with van der Waals surface area (Å²) in [6.07, 6.45) is 0.955. The van der Waals surface area contributed by atoms with Crippen LogP contribution in [0.2, 0.25) is 0 Å². The molecule has 2 aromatic rings. The summed E-state index contributed by atoms with van der Waals surface area (Å²) in [4.78, 5) is 0.